The minimum Gasteiger partial charge on any atom is -0.385 e. The number of nitrogens with zero attached hydrogens (tertiary/aromatic N) is 1. The third-order valence-corrected chi connectivity index (χ3v) is 8.27. The Morgan fingerprint density at radius 3 is 2.43 bits per heavy atom. The molecule has 0 spiro atoms. The number of halogens is 3. The number of piperidine rings is 1. The van der Waals surface area contributed by atoms with Crippen molar-refractivity contribution in [3.05, 3.63) is 35.4 Å². The number of benzene rings is 1. The maximum atomic E-state index is 14.0. The van der Waals surface area contributed by atoms with E-state index in [1.54, 1.807) is 13.2 Å². The van der Waals surface area contributed by atoms with Gasteiger partial charge in [-0.3, -0.25) is 4.90 Å². The molecule has 0 bridgehead atoms. The second-order valence-corrected chi connectivity index (χ2v) is 10.7. The molecule has 3 rings (SSSR count). The van der Waals surface area contributed by atoms with Crippen molar-refractivity contribution in [1.29, 1.82) is 0 Å². The van der Waals surface area contributed by atoms with Crippen LogP contribution in [0.1, 0.15) is 81.8 Å². The van der Waals surface area contributed by atoms with E-state index in [0.29, 0.717) is 38.5 Å². The van der Waals surface area contributed by atoms with Crippen LogP contribution < -0.4 is 5.32 Å². The van der Waals surface area contributed by atoms with E-state index in [9.17, 15) is 18.3 Å². The first kappa shape index (κ1) is 28.4. The van der Waals surface area contributed by atoms with Gasteiger partial charge in [-0.25, -0.2) is 0 Å². The van der Waals surface area contributed by atoms with Crippen LogP contribution >= 0.6 is 0 Å². The van der Waals surface area contributed by atoms with Crippen LogP contribution in [0.25, 0.3) is 0 Å². The molecule has 1 aromatic rings. The quantitative estimate of drug-likeness (QED) is 0.348. The molecule has 1 saturated carbocycles. The first-order valence-electron chi connectivity index (χ1n) is 13.6. The first-order chi connectivity index (χ1) is 16.8. The molecule has 2 N–H and O–H groups in total. The number of rotatable bonds is 12. The van der Waals surface area contributed by atoms with Gasteiger partial charge >= 0.3 is 6.18 Å². The zero-order valence-electron chi connectivity index (χ0n) is 21.6. The molecule has 0 radical (unpaired) electrons. The summed E-state index contributed by atoms with van der Waals surface area (Å²) in [7, 11) is 3.60. The Morgan fingerprint density at radius 2 is 1.77 bits per heavy atom. The lowest BCUT2D eigenvalue weighted by Crippen LogP contribution is -2.52. The van der Waals surface area contributed by atoms with Crippen molar-refractivity contribution in [2.45, 2.75) is 88.4 Å². The summed E-state index contributed by atoms with van der Waals surface area (Å²) in [5.41, 5.74) is -2.19. The van der Waals surface area contributed by atoms with E-state index >= 15 is 0 Å². The van der Waals surface area contributed by atoms with Gasteiger partial charge in [-0.2, -0.15) is 13.2 Å². The van der Waals surface area contributed by atoms with Gasteiger partial charge in [-0.15, -0.1) is 0 Å². The lowest BCUT2D eigenvalue weighted by Gasteiger charge is -2.46. The third-order valence-electron chi connectivity index (χ3n) is 8.27. The number of aliphatic hydroxyl groups is 1. The lowest BCUT2D eigenvalue weighted by atomic mass is 9.72. The summed E-state index contributed by atoms with van der Waals surface area (Å²) in [5.74, 6) is 0.481. The topological polar surface area (TPSA) is 44.7 Å². The Kier molecular flexibility index (Phi) is 10.9. The zero-order valence-corrected chi connectivity index (χ0v) is 21.6. The molecule has 1 saturated heterocycles. The Labute approximate surface area is 209 Å². The highest BCUT2D eigenvalue weighted by atomic mass is 19.4. The summed E-state index contributed by atoms with van der Waals surface area (Å²) in [4.78, 5) is 2.45. The highest BCUT2D eigenvalue weighted by molar-refractivity contribution is 5.35. The number of likely N-dealkylation sites (tertiary alicyclic amines) is 1. The third kappa shape index (κ3) is 7.67. The molecule has 2 fully saturated rings. The Bertz CT molecular complexity index is 754. The van der Waals surface area contributed by atoms with Crippen molar-refractivity contribution in [2.75, 3.05) is 40.4 Å². The number of nitrogens with one attached hydrogen (secondary N) is 1. The van der Waals surface area contributed by atoms with Gasteiger partial charge in [-0.05, 0) is 69.7 Å². The van der Waals surface area contributed by atoms with Gasteiger partial charge in [0, 0.05) is 38.8 Å². The van der Waals surface area contributed by atoms with Crippen molar-refractivity contribution in [3.63, 3.8) is 0 Å². The Hall–Kier alpha value is -1.15. The fraction of sp³-hybridized carbons (Fsp3) is 0.786. The minimum atomic E-state index is -4.50. The molecule has 1 aliphatic carbocycles. The van der Waals surface area contributed by atoms with Crippen LogP contribution in [0, 0.1) is 11.8 Å². The van der Waals surface area contributed by atoms with Crippen LogP contribution in [0.15, 0.2) is 24.3 Å². The molecule has 1 aliphatic heterocycles. The molecule has 1 heterocycles. The van der Waals surface area contributed by atoms with Gasteiger partial charge in [0.15, 0.2) is 0 Å². The summed E-state index contributed by atoms with van der Waals surface area (Å²) < 4.78 is 47.2. The Balaban J connectivity index is 1.85. The molecule has 35 heavy (non-hydrogen) atoms. The van der Waals surface area contributed by atoms with Gasteiger partial charge < -0.3 is 15.2 Å². The van der Waals surface area contributed by atoms with Crippen molar-refractivity contribution >= 4 is 0 Å². The molecule has 0 amide bonds. The molecule has 200 valence electrons. The summed E-state index contributed by atoms with van der Waals surface area (Å²) >= 11 is 0. The van der Waals surface area contributed by atoms with Crippen molar-refractivity contribution in [3.8, 4) is 0 Å². The average molecular weight is 499 g/mol. The van der Waals surface area contributed by atoms with Crippen molar-refractivity contribution < 1.29 is 23.0 Å². The summed E-state index contributed by atoms with van der Waals surface area (Å²) in [6.45, 7) is 2.98. The smallest absolute Gasteiger partial charge is 0.385 e. The molecule has 3 atom stereocenters. The molecule has 1 aromatic carbocycles. The van der Waals surface area contributed by atoms with E-state index in [1.807, 2.05) is 7.05 Å². The molecule has 2 aliphatic rings. The largest absolute Gasteiger partial charge is 0.416 e. The average Bonchev–Trinajstić information content (AvgIpc) is 2.86. The van der Waals surface area contributed by atoms with E-state index in [2.05, 4.69) is 10.2 Å². The van der Waals surface area contributed by atoms with Gasteiger partial charge in [0.05, 0.1) is 11.2 Å². The fourth-order valence-corrected chi connectivity index (χ4v) is 6.44. The number of likely N-dealkylation sites (N-methyl/N-ethyl adjacent to an activating group) is 1. The zero-order chi connectivity index (χ0) is 25.3. The van der Waals surface area contributed by atoms with Crippen LogP contribution in [0.3, 0.4) is 0 Å². The van der Waals surface area contributed by atoms with Crippen molar-refractivity contribution in [1.82, 2.24) is 10.2 Å². The van der Waals surface area contributed by atoms with Crippen LogP contribution in [0.2, 0.25) is 0 Å². The predicted octanol–water partition coefficient (Wildman–Crippen LogP) is 5.98. The predicted molar refractivity (Wildman–Crippen MR) is 134 cm³/mol. The van der Waals surface area contributed by atoms with Crippen LogP contribution in [-0.2, 0) is 16.5 Å². The number of alkyl halides is 3. The normalized spacial score (nSPS) is 23.2. The van der Waals surface area contributed by atoms with Gasteiger partial charge in [0.2, 0.25) is 0 Å². The summed E-state index contributed by atoms with van der Waals surface area (Å²) in [5, 5.41) is 15.5. The molecular weight excluding hydrogens is 453 g/mol. The number of hydrogen-bond acceptors (Lipinski definition) is 4. The fourth-order valence-electron chi connectivity index (χ4n) is 6.44. The maximum absolute atomic E-state index is 14.0. The second kappa shape index (κ2) is 13.4. The van der Waals surface area contributed by atoms with Gasteiger partial charge in [0.25, 0.3) is 0 Å². The van der Waals surface area contributed by atoms with Crippen molar-refractivity contribution in [2.24, 2.45) is 11.8 Å². The van der Waals surface area contributed by atoms with E-state index in [1.165, 1.54) is 44.2 Å². The standard InChI is InChI=1S/C28H45F3N2O2/c1-32-20-24(19-22-11-4-3-5-12-22)33-17-10-13-23(21-33)27(34,16-8-9-18-35-2)25-14-6-7-15-26(25)28(29,30)31/h6-7,14-15,22-24,32,34H,3-5,8-13,16-21H2,1-2H3. The lowest BCUT2D eigenvalue weighted by molar-refractivity contribution is -0.143. The number of hydrogen-bond donors (Lipinski definition) is 2. The van der Waals surface area contributed by atoms with E-state index in [0.717, 1.165) is 44.3 Å². The van der Waals surface area contributed by atoms with Crippen LogP contribution in [0.4, 0.5) is 13.2 Å². The number of unbranched alkanes of at least 4 members (excludes halogenated alkanes) is 1. The molecule has 4 nitrogen and oxygen atoms in total. The number of ether oxygens (including phenoxy) is 1. The number of methoxy groups -OCH3 is 1. The summed E-state index contributed by atoms with van der Waals surface area (Å²) in [6, 6.07) is 5.99. The first-order valence-corrected chi connectivity index (χ1v) is 13.6. The second-order valence-electron chi connectivity index (χ2n) is 10.7. The highest BCUT2D eigenvalue weighted by Crippen LogP contribution is 2.45. The molecule has 0 aromatic heterocycles. The van der Waals surface area contributed by atoms with E-state index in [4.69, 9.17) is 4.74 Å². The molecule has 3 unspecified atom stereocenters. The monoisotopic (exact) mass is 498 g/mol. The molecular formula is C28H45F3N2O2. The Morgan fingerprint density at radius 1 is 1.06 bits per heavy atom. The van der Waals surface area contributed by atoms with E-state index < -0.39 is 17.3 Å². The minimum absolute atomic E-state index is 0.0363. The van der Waals surface area contributed by atoms with Gasteiger partial charge in [-0.1, -0.05) is 50.3 Å². The van der Waals surface area contributed by atoms with E-state index in [-0.39, 0.29) is 11.5 Å². The SMILES string of the molecule is CNCC(CC1CCCCC1)N1CCCC(C(O)(CCCCOC)c2ccccc2C(F)(F)F)C1. The van der Waals surface area contributed by atoms with Gasteiger partial charge in [0.1, 0.15) is 0 Å². The maximum Gasteiger partial charge on any atom is 0.416 e. The van der Waals surface area contributed by atoms with Crippen LogP contribution in [0.5, 0.6) is 0 Å². The van der Waals surface area contributed by atoms with Crippen LogP contribution in [-0.4, -0.2) is 56.4 Å². The summed E-state index contributed by atoms with van der Waals surface area (Å²) in [6.07, 6.45) is 6.38. The highest BCUT2D eigenvalue weighted by Gasteiger charge is 2.46. The molecule has 7 heteroatoms.